The number of carbonyl (C=O) groups excluding carboxylic acids is 2. The SMILES string of the molecule is O=C(NNC(=O)c1ccccc1Oc1ccccc1)c1ccccc1O. The normalized spacial score (nSPS) is 10.0. The minimum atomic E-state index is -0.627. The van der Waals surface area contributed by atoms with E-state index in [1.54, 1.807) is 48.5 Å². The highest BCUT2D eigenvalue weighted by Crippen LogP contribution is 2.24. The van der Waals surface area contributed by atoms with Crippen LogP contribution in [-0.2, 0) is 0 Å². The van der Waals surface area contributed by atoms with Gasteiger partial charge < -0.3 is 9.84 Å². The first kappa shape index (κ1) is 17.0. The molecule has 0 atom stereocenters. The lowest BCUT2D eigenvalue weighted by atomic mass is 10.2. The minimum Gasteiger partial charge on any atom is -0.507 e. The fourth-order valence-electron chi connectivity index (χ4n) is 2.27. The molecular weight excluding hydrogens is 332 g/mol. The molecule has 3 aromatic carbocycles. The summed E-state index contributed by atoms with van der Waals surface area (Å²) in [6.07, 6.45) is 0. The number of rotatable bonds is 4. The lowest BCUT2D eigenvalue weighted by Gasteiger charge is -2.12. The van der Waals surface area contributed by atoms with Crippen LogP contribution in [0.5, 0.6) is 17.2 Å². The molecule has 0 fully saturated rings. The van der Waals surface area contributed by atoms with Crippen molar-refractivity contribution in [2.45, 2.75) is 0 Å². The first-order valence-corrected chi connectivity index (χ1v) is 7.86. The Morgan fingerprint density at radius 2 is 1.23 bits per heavy atom. The number of phenols is 1. The molecule has 0 heterocycles. The summed E-state index contributed by atoms with van der Waals surface area (Å²) in [6.45, 7) is 0. The second kappa shape index (κ2) is 7.85. The molecule has 0 saturated heterocycles. The molecule has 0 aliphatic rings. The van der Waals surface area contributed by atoms with Crippen molar-refractivity contribution >= 4 is 11.8 Å². The number of phenolic OH excluding ortho intramolecular Hbond substituents is 1. The lowest BCUT2D eigenvalue weighted by molar-refractivity contribution is 0.0843. The molecule has 3 aromatic rings. The number of aromatic hydroxyl groups is 1. The molecule has 2 amide bonds. The van der Waals surface area contributed by atoms with Crippen LogP contribution in [0, 0.1) is 0 Å². The van der Waals surface area contributed by atoms with Gasteiger partial charge in [-0.25, -0.2) is 0 Å². The lowest BCUT2D eigenvalue weighted by Crippen LogP contribution is -2.41. The van der Waals surface area contributed by atoms with Crippen molar-refractivity contribution in [3.63, 3.8) is 0 Å². The largest absolute Gasteiger partial charge is 0.507 e. The average Bonchev–Trinajstić information content (AvgIpc) is 2.67. The summed E-state index contributed by atoms with van der Waals surface area (Å²) in [5.41, 5.74) is 4.91. The molecule has 0 aromatic heterocycles. The van der Waals surface area contributed by atoms with Gasteiger partial charge in [0.2, 0.25) is 0 Å². The number of amides is 2. The third-order valence-electron chi connectivity index (χ3n) is 3.54. The summed E-state index contributed by atoms with van der Waals surface area (Å²) in [4.78, 5) is 24.5. The number of ether oxygens (including phenoxy) is 1. The Hall–Kier alpha value is -3.80. The number of hydrogen-bond donors (Lipinski definition) is 3. The van der Waals surface area contributed by atoms with Crippen molar-refractivity contribution in [3.8, 4) is 17.2 Å². The average molecular weight is 348 g/mol. The van der Waals surface area contributed by atoms with E-state index >= 15 is 0 Å². The molecule has 0 unspecified atom stereocenters. The first-order chi connectivity index (χ1) is 12.6. The third-order valence-corrected chi connectivity index (χ3v) is 3.54. The maximum atomic E-state index is 12.4. The van der Waals surface area contributed by atoms with Gasteiger partial charge in [0, 0.05) is 0 Å². The fourth-order valence-corrected chi connectivity index (χ4v) is 2.27. The summed E-state index contributed by atoms with van der Waals surface area (Å²) < 4.78 is 5.73. The highest BCUT2D eigenvalue weighted by molar-refractivity contribution is 6.01. The Bertz CT molecular complexity index is 926. The Morgan fingerprint density at radius 3 is 1.92 bits per heavy atom. The molecule has 26 heavy (non-hydrogen) atoms. The Balaban J connectivity index is 1.70. The zero-order valence-electron chi connectivity index (χ0n) is 13.7. The van der Waals surface area contributed by atoms with E-state index in [0.29, 0.717) is 11.5 Å². The zero-order valence-corrected chi connectivity index (χ0v) is 13.7. The van der Waals surface area contributed by atoms with Crippen LogP contribution in [0.4, 0.5) is 0 Å². The second-order valence-corrected chi connectivity index (χ2v) is 5.34. The Labute approximate surface area is 150 Å². The van der Waals surface area contributed by atoms with Gasteiger partial charge in [0.25, 0.3) is 11.8 Å². The summed E-state index contributed by atoms with van der Waals surface area (Å²) in [7, 11) is 0. The highest BCUT2D eigenvalue weighted by Gasteiger charge is 2.15. The van der Waals surface area contributed by atoms with Gasteiger partial charge >= 0.3 is 0 Å². The third kappa shape index (κ3) is 3.99. The molecule has 6 heteroatoms. The van der Waals surface area contributed by atoms with E-state index < -0.39 is 11.8 Å². The van der Waals surface area contributed by atoms with Gasteiger partial charge in [-0.2, -0.15) is 0 Å². The second-order valence-electron chi connectivity index (χ2n) is 5.34. The van der Waals surface area contributed by atoms with Gasteiger partial charge in [-0.3, -0.25) is 20.4 Å². The van der Waals surface area contributed by atoms with Crippen LogP contribution in [0.1, 0.15) is 20.7 Å². The van der Waals surface area contributed by atoms with E-state index in [-0.39, 0.29) is 16.9 Å². The number of nitrogens with one attached hydrogen (secondary N) is 2. The van der Waals surface area contributed by atoms with E-state index in [2.05, 4.69) is 10.9 Å². The molecular formula is C20H16N2O4. The molecule has 0 bridgehead atoms. The molecule has 130 valence electrons. The molecule has 0 spiro atoms. The van der Waals surface area contributed by atoms with Crippen molar-refractivity contribution in [3.05, 3.63) is 90.0 Å². The summed E-state index contributed by atoms with van der Waals surface area (Å²) in [6, 6.07) is 21.8. The molecule has 3 rings (SSSR count). The fraction of sp³-hybridized carbons (Fsp3) is 0. The Morgan fingerprint density at radius 1 is 0.692 bits per heavy atom. The predicted molar refractivity (Wildman–Crippen MR) is 96.0 cm³/mol. The molecule has 0 saturated carbocycles. The van der Waals surface area contributed by atoms with Crippen molar-refractivity contribution in [1.82, 2.24) is 10.9 Å². The van der Waals surface area contributed by atoms with Crippen molar-refractivity contribution < 1.29 is 19.4 Å². The molecule has 6 nitrogen and oxygen atoms in total. The Kier molecular flexibility index (Phi) is 5.14. The van der Waals surface area contributed by atoms with Gasteiger partial charge in [0.05, 0.1) is 11.1 Å². The first-order valence-electron chi connectivity index (χ1n) is 7.86. The van der Waals surface area contributed by atoms with Crippen LogP contribution in [-0.4, -0.2) is 16.9 Å². The topological polar surface area (TPSA) is 87.7 Å². The maximum Gasteiger partial charge on any atom is 0.273 e. The van der Waals surface area contributed by atoms with Gasteiger partial charge in [0.15, 0.2) is 0 Å². The predicted octanol–water partition coefficient (Wildman–Crippen LogP) is 3.26. The summed E-state index contributed by atoms with van der Waals surface area (Å²) in [5, 5.41) is 9.68. The number of carbonyl (C=O) groups is 2. The van der Waals surface area contributed by atoms with Crippen LogP contribution in [0.25, 0.3) is 0 Å². The van der Waals surface area contributed by atoms with E-state index in [1.807, 2.05) is 18.2 Å². The molecule has 0 aliphatic carbocycles. The van der Waals surface area contributed by atoms with Crippen LogP contribution in [0.2, 0.25) is 0 Å². The highest BCUT2D eigenvalue weighted by atomic mass is 16.5. The smallest absolute Gasteiger partial charge is 0.273 e. The molecule has 3 N–H and O–H groups in total. The van der Waals surface area contributed by atoms with Gasteiger partial charge in [-0.1, -0.05) is 42.5 Å². The standard InChI is InChI=1S/C20H16N2O4/c23-17-12-6-4-10-15(17)19(24)21-22-20(25)16-11-5-7-13-18(16)26-14-8-2-1-3-9-14/h1-13,23H,(H,21,24)(H,22,25). The van der Waals surface area contributed by atoms with Gasteiger partial charge in [-0.05, 0) is 36.4 Å². The summed E-state index contributed by atoms with van der Waals surface area (Å²) in [5.74, 6) is -0.399. The molecule has 0 aliphatic heterocycles. The number of hydrazine groups is 1. The number of hydrogen-bond acceptors (Lipinski definition) is 4. The van der Waals surface area contributed by atoms with Gasteiger partial charge in [-0.15, -0.1) is 0 Å². The van der Waals surface area contributed by atoms with E-state index in [1.165, 1.54) is 12.1 Å². The molecule has 0 radical (unpaired) electrons. The summed E-state index contributed by atoms with van der Waals surface area (Å²) >= 11 is 0. The van der Waals surface area contributed by atoms with Crippen molar-refractivity contribution in [1.29, 1.82) is 0 Å². The zero-order chi connectivity index (χ0) is 18.4. The van der Waals surface area contributed by atoms with Crippen molar-refractivity contribution in [2.75, 3.05) is 0 Å². The number of para-hydroxylation sites is 3. The van der Waals surface area contributed by atoms with Crippen LogP contribution in [0.3, 0.4) is 0 Å². The van der Waals surface area contributed by atoms with E-state index in [0.717, 1.165) is 0 Å². The van der Waals surface area contributed by atoms with Crippen LogP contribution < -0.4 is 15.6 Å². The maximum absolute atomic E-state index is 12.4. The van der Waals surface area contributed by atoms with Crippen molar-refractivity contribution in [2.24, 2.45) is 0 Å². The monoisotopic (exact) mass is 348 g/mol. The van der Waals surface area contributed by atoms with E-state index in [4.69, 9.17) is 4.74 Å². The van der Waals surface area contributed by atoms with Crippen LogP contribution >= 0.6 is 0 Å². The van der Waals surface area contributed by atoms with Crippen LogP contribution in [0.15, 0.2) is 78.9 Å². The quantitative estimate of drug-likeness (QED) is 0.632. The van der Waals surface area contributed by atoms with E-state index in [9.17, 15) is 14.7 Å². The number of benzene rings is 3. The minimum absolute atomic E-state index is 0.0571. The van der Waals surface area contributed by atoms with Gasteiger partial charge in [0.1, 0.15) is 17.2 Å².